The van der Waals surface area contributed by atoms with Gasteiger partial charge < -0.3 is 10.2 Å². The number of rotatable bonds is 3. The van der Waals surface area contributed by atoms with Crippen molar-refractivity contribution < 1.29 is 4.42 Å². The van der Waals surface area contributed by atoms with E-state index in [0.29, 0.717) is 13.1 Å². The van der Waals surface area contributed by atoms with Gasteiger partial charge in [0.25, 0.3) is 0 Å². The van der Waals surface area contributed by atoms with Crippen molar-refractivity contribution in [2.75, 3.05) is 0 Å². The molecule has 2 aromatic heterocycles. The summed E-state index contributed by atoms with van der Waals surface area (Å²) in [6, 6.07) is 3.78. The second-order valence-corrected chi connectivity index (χ2v) is 3.11. The van der Waals surface area contributed by atoms with Crippen molar-refractivity contribution in [2.24, 2.45) is 5.73 Å². The van der Waals surface area contributed by atoms with Crippen LogP contribution in [0.5, 0.6) is 0 Å². The van der Waals surface area contributed by atoms with Crippen LogP contribution in [-0.4, -0.2) is 15.0 Å². The summed E-state index contributed by atoms with van der Waals surface area (Å²) in [5.74, 6) is 1.64. The summed E-state index contributed by atoms with van der Waals surface area (Å²) in [5.41, 5.74) is 6.45. The first-order valence-corrected chi connectivity index (χ1v) is 4.42. The molecule has 0 aliphatic heterocycles. The monoisotopic (exact) mass is 192 g/mol. The molecule has 0 aliphatic carbocycles. The topological polar surface area (TPSA) is 69.9 Å². The van der Waals surface area contributed by atoms with Crippen LogP contribution in [-0.2, 0) is 13.1 Å². The first-order valence-electron chi connectivity index (χ1n) is 4.42. The number of aromatic nitrogens is 3. The lowest BCUT2D eigenvalue weighted by Crippen LogP contribution is -2.03. The van der Waals surface area contributed by atoms with Crippen molar-refractivity contribution in [3.05, 3.63) is 35.5 Å². The fraction of sp³-hybridized carbons (Fsp3) is 0.333. The SMILES string of the molecule is Cc1cnnn1Cc1ccc(CN)o1. The zero-order chi connectivity index (χ0) is 9.97. The number of nitrogens with two attached hydrogens (primary N) is 1. The number of nitrogens with zero attached hydrogens (tertiary/aromatic N) is 3. The van der Waals surface area contributed by atoms with Gasteiger partial charge in [-0.05, 0) is 19.1 Å². The summed E-state index contributed by atoms with van der Waals surface area (Å²) in [5, 5.41) is 7.71. The van der Waals surface area contributed by atoms with Gasteiger partial charge in [0.15, 0.2) is 0 Å². The summed E-state index contributed by atoms with van der Waals surface area (Å²) < 4.78 is 7.22. The normalized spacial score (nSPS) is 10.7. The zero-order valence-electron chi connectivity index (χ0n) is 7.97. The largest absolute Gasteiger partial charge is 0.463 e. The van der Waals surface area contributed by atoms with Crippen LogP contribution in [0.3, 0.4) is 0 Å². The van der Waals surface area contributed by atoms with Crippen LogP contribution in [0, 0.1) is 6.92 Å². The first-order chi connectivity index (χ1) is 6.79. The molecule has 5 heteroatoms. The zero-order valence-corrected chi connectivity index (χ0v) is 7.97. The van der Waals surface area contributed by atoms with E-state index < -0.39 is 0 Å². The summed E-state index contributed by atoms with van der Waals surface area (Å²) in [7, 11) is 0. The van der Waals surface area contributed by atoms with Gasteiger partial charge in [0.2, 0.25) is 0 Å². The lowest BCUT2D eigenvalue weighted by Gasteiger charge is -1.98. The van der Waals surface area contributed by atoms with E-state index in [2.05, 4.69) is 10.3 Å². The van der Waals surface area contributed by atoms with Gasteiger partial charge in [0.1, 0.15) is 18.1 Å². The maximum atomic E-state index is 5.45. The van der Waals surface area contributed by atoms with E-state index in [1.807, 2.05) is 19.1 Å². The number of hydrogen-bond donors (Lipinski definition) is 1. The average Bonchev–Trinajstić information content (AvgIpc) is 2.77. The molecule has 0 unspecified atom stereocenters. The molecule has 0 spiro atoms. The van der Waals surface area contributed by atoms with Gasteiger partial charge in [-0.25, -0.2) is 4.68 Å². The van der Waals surface area contributed by atoms with Crippen LogP contribution < -0.4 is 5.73 Å². The lowest BCUT2D eigenvalue weighted by molar-refractivity contribution is 0.440. The molecule has 14 heavy (non-hydrogen) atoms. The van der Waals surface area contributed by atoms with E-state index in [-0.39, 0.29) is 0 Å². The number of hydrogen-bond acceptors (Lipinski definition) is 4. The van der Waals surface area contributed by atoms with Gasteiger partial charge >= 0.3 is 0 Å². The minimum atomic E-state index is 0.427. The summed E-state index contributed by atoms with van der Waals surface area (Å²) in [4.78, 5) is 0. The van der Waals surface area contributed by atoms with Crippen molar-refractivity contribution in [3.63, 3.8) is 0 Å². The predicted molar refractivity (Wildman–Crippen MR) is 50.5 cm³/mol. The van der Waals surface area contributed by atoms with Gasteiger partial charge in [-0.1, -0.05) is 5.21 Å². The Morgan fingerprint density at radius 2 is 2.21 bits per heavy atom. The van der Waals surface area contributed by atoms with Gasteiger partial charge in [0, 0.05) is 0 Å². The van der Waals surface area contributed by atoms with Gasteiger partial charge in [-0.3, -0.25) is 0 Å². The van der Waals surface area contributed by atoms with E-state index >= 15 is 0 Å². The van der Waals surface area contributed by atoms with Crippen LogP contribution in [0.2, 0.25) is 0 Å². The molecule has 2 aromatic rings. The van der Waals surface area contributed by atoms with E-state index in [9.17, 15) is 0 Å². The van der Waals surface area contributed by atoms with Gasteiger partial charge in [-0.2, -0.15) is 0 Å². The Bertz CT molecular complexity index is 418. The molecule has 0 saturated heterocycles. The Balaban J connectivity index is 2.15. The van der Waals surface area contributed by atoms with Gasteiger partial charge in [0.05, 0.1) is 18.4 Å². The number of furan rings is 1. The van der Waals surface area contributed by atoms with Crippen molar-refractivity contribution in [1.29, 1.82) is 0 Å². The van der Waals surface area contributed by atoms with Crippen LogP contribution in [0.4, 0.5) is 0 Å². The second kappa shape index (κ2) is 3.63. The second-order valence-electron chi connectivity index (χ2n) is 3.11. The Kier molecular flexibility index (Phi) is 2.32. The highest BCUT2D eigenvalue weighted by Gasteiger charge is 2.04. The molecule has 2 rings (SSSR count). The molecule has 0 bridgehead atoms. The molecular formula is C9H12N4O. The van der Waals surface area contributed by atoms with E-state index in [4.69, 9.17) is 10.2 Å². The minimum Gasteiger partial charge on any atom is -0.463 e. The standard InChI is InChI=1S/C9H12N4O/c1-7-5-11-12-13(7)6-9-3-2-8(4-10)14-9/h2-3,5H,4,6,10H2,1H3. The molecule has 2 heterocycles. The highest BCUT2D eigenvalue weighted by Crippen LogP contribution is 2.09. The van der Waals surface area contributed by atoms with E-state index in [1.54, 1.807) is 10.9 Å². The Morgan fingerprint density at radius 1 is 1.43 bits per heavy atom. The quantitative estimate of drug-likeness (QED) is 0.776. The Labute approximate surface area is 81.5 Å². The third-order valence-electron chi connectivity index (χ3n) is 2.04. The molecule has 0 radical (unpaired) electrons. The molecular weight excluding hydrogens is 180 g/mol. The first kappa shape index (κ1) is 8.96. The molecule has 0 aliphatic rings. The molecule has 0 amide bonds. The van der Waals surface area contributed by atoms with Crippen LogP contribution >= 0.6 is 0 Å². The molecule has 5 nitrogen and oxygen atoms in total. The summed E-state index contributed by atoms with van der Waals surface area (Å²) >= 11 is 0. The smallest absolute Gasteiger partial charge is 0.125 e. The molecule has 0 aromatic carbocycles. The van der Waals surface area contributed by atoms with Crippen molar-refractivity contribution >= 4 is 0 Å². The Morgan fingerprint density at radius 3 is 2.79 bits per heavy atom. The van der Waals surface area contributed by atoms with Crippen molar-refractivity contribution in [3.8, 4) is 0 Å². The van der Waals surface area contributed by atoms with E-state index in [0.717, 1.165) is 17.2 Å². The Hall–Kier alpha value is -1.62. The maximum Gasteiger partial charge on any atom is 0.125 e. The van der Waals surface area contributed by atoms with Crippen molar-refractivity contribution in [1.82, 2.24) is 15.0 Å². The van der Waals surface area contributed by atoms with Crippen LogP contribution in [0.25, 0.3) is 0 Å². The van der Waals surface area contributed by atoms with Crippen LogP contribution in [0.15, 0.2) is 22.7 Å². The summed E-state index contributed by atoms with van der Waals surface area (Å²) in [6.07, 6.45) is 1.72. The fourth-order valence-electron chi connectivity index (χ4n) is 1.23. The molecule has 0 fully saturated rings. The number of aryl methyl sites for hydroxylation is 1. The third-order valence-corrected chi connectivity index (χ3v) is 2.04. The maximum absolute atomic E-state index is 5.45. The summed E-state index contributed by atoms with van der Waals surface area (Å²) in [6.45, 7) is 2.98. The van der Waals surface area contributed by atoms with Crippen LogP contribution in [0.1, 0.15) is 17.2 Å². The molecule has 74 valence electrons. The van der Waals surface area contributed by atoms with E-state index in [1.165, 1.54) is 0 Å². The average molecular weight is 192 g/mol. The highest BCUT2D eigenvalue weighted by atomic mass is 16.3. The third kappa shape index (κ3) is 1.67. The molecule has 0 saturated carbocycles. The van der Waals surface area contributed by atoms with Crippen molar-refractivity contribution in [2.45, 2.75) is 20.0 Å². The highest BCUT2D eigenvalue weighted by molar-refractivity contribution is 5.07. The molecule has 0 atom stereocenters. The molecule has 2 N–H and O–H groups in total. The lowest BCUT2D eigenvalue weighted by atomic mass is 10.4. The van der Waals surface area contributed by atoms with Gasteiger partial charge in [-0.15, -0.1) is 5.10 Å². The minimum absolute atomic E-state index is 0.427. The predicted octanol–water partition coefficient (Wildman–Crippen LogP) is 0.687. The fourth-order valence-corrected chi connectivity index (χ4v) is 1.23.